The first kappa shape index (κ1) is 35.1. The second kappa shape index (κ2) is 12.5. The van der Waals surface area contributed by atoms with E-state index in [1.54, 1.807) is 31.2 Å². The molecule has 3 saturated carbocycles. The maximum absolute atomic E-state index is 14.5. The number of hydrogen-bond donors (Lipinski definition) is 2. The number of aryl methyl sites for hydroxylation is 1. The van der Waals surface area contributed by atoms with Crippen molar-refractivity contribution in [2.75, 3.05) is 4.90 Å². The molecule has 3 aliphatic carbocycles. The van der Waals surface area contributed by atoms with E-state index in [0.717, 1.165) is 35.2 Å². The number of amides is 3. The number of rotatable bonds is 10. The number of hydrogen-bond acceptors (Lipinski definition) is 7. The molecule has 4 heterocycles. The molecule has 0 spiro atoms. The number of imidazole rings is 1. The third-order valence-electron chi connectivity index (χ3n) is 11.3. The highest BCUT2D eigenvalue weighted by molar-refractivity contribution is 6.35. The van der Waals surface area contributed by atoms with E-state index in [1.165, 1.54) is 33.5 Å². The Balaban J connectivity index is 0.983. The van der Waals surface area contributed by atoms with Crippen molar-refractivity contribution in [3.8, 4) is 17.2 Å². The maximum Gasteiger partial charge on any atom is 0.270 e. The second-order valence-corrected chi connectivity index (χ2v) is 16.1. The second-order valence-electron chi connectivity index (χ2n) is 15.2. The number of nitriles is 1. The molecule has 55 heavy (non-hydrogen) atoms. The molecule has 1 aliphatic heterocycles. The predicted molar refractivity (Wildman–Crippen MR) is 201 cm³/mol. The van der Waals surface area contributed by atoms with Gasteiger partial charge in [-0.25, -0.2) is 14.3 Å². The molecule has 278 valence electrons. The summed E-state index contributed by atoms with van der Waals surface area (Å²) in [4.78, 5) is 53.2. The largest absolute Gasteiger partial charge is 0.343 e. The Labute approximate surface area is 325 Å². The lowest BCUT2D eigenvalue weighted by Gasteiger charge is -2.27. The van der Waals surface area contributed by atoms with Crippen LogP contribution in [0.5, 0.6) is 0 Å². The van der Waals surface area contributed by atoms with Crippen LogP contribution in [-0.4, -0.2) is 47.6 Å². The van der Waals surface area contributed by atoms with E-state index in [1.807, 2.05) is 36.3 Å². The van der Waals surface area contributed by atoms with Crippen LogP contribution in [0.3, 0.4) is 0 Å². The maximum atomic E-state index is 14.5. The van der Waals surface area contributed by atoms with E-state index >= 15 is 0 Å². The van der Waals surface area contributed by atoms with Gasteiger partial charge in [-0.05, 0) is 81.3 Å². The summed E-state index contributed by atoms with van der Waals surface area (Å²) in [7, 11) is 1.96. The molecule has 3 fully saturated rings. The van der Waals surface area contributed by atoms with E-state index in [0.29, 0.717) is 37.2 Å². The molecule has 1 atom stereocenters. The first-order chi connectivity index (χ1) is 26.4. The fourth-order valence-corrected chi connectivity index (χ4v) is 8.27. The average molecular weight is 779 g/mol. The Morgan fingerprint density at radius 1 is 0.982 bits per heavy atom. The number of nitrogens with zero attached hydrogens (tertiary/aromatic N) is 7. The number of carbonyl (C=O) groups is 3. The Morgan fingerprint density at radius 2 is 1.69 bits per heavy atom. The van der Waals surface area contributed by atoms with Crippen LogP contribution in [0.2, 0.25) is 10.0 Å². The van der Waals surface area contributed by atoms with Gasteiger partial charge in [0.15, 0.2) is 5.82 Å². The first-order valence-corrected chi connectivity index (χ1v) is 18.8. The lowest BCUT2D eigenvalue weighted by Crippen LogP contribution is -2.52. The highest BCUT2D eigenvalue weighted by Gasteiger charge is 2.57. The fourth-order valence-electron chi connectivity index (χ4n) is 7.80. The van der Waals surface area contributed by atoms with Crippen LogP contribution < -0.4 is 15.5 Å². The van der Waals surface area contributed by atoms with Crippen LogP contribution in [0, 0.1) is 17.1 Å². The monoisotopic (exact) mass is 777 g/mol. The van der Waals surface area contributed by atoms with Crippen LogP contribution >= 0.6 is 23.2 Å². The van der Waals surface area contributed by atoms with E-state index in [4.69, 9.17) is 28.2 Å². The number of pyridine rings is 1. The number of aromatic nitrogens is 5. The molecular formula is C40H34Cl2FN9O3. The lowest BCUT2D eigenvalue weighted by molar-refractivity contribution is -0.125. The molecule has 5 aromatic rings. The van der Waals surface area contributed by atoms with E-state index in [2.05, 4.69) is 26.8 Å². The molecule has 0 unspecified atom stereocenters. The van der Waals surface area contributed by atoms with E-state index in [9.17, 15) is 24.0 Å². The highest BCUT2D eigenvalue weighted by Crippen LogP contribution is 2.49. The van der Waals surface area contributed by atoms with Crippen molar-refractivity contribution >= 4 is 52.6 Å². The topological polar surface area (TPSA) is 151 Å². The van der Waals surface area contributed by atoms with Gasteiger partial charge in [-0.15, -0.1) is 0 Å². The van der Waals surface area contributed by atoms with Gasteiger partial charge >= 0.3 is 0 Å². The van der Waals surface area contributed by atoms with Gasteiger partial charge in [0.1, 0.15) is 16.8 Å². The van der Waals surface area contributed by atoms with Crippen molar-refractivity contribution in [3.05, 3.63) is 111 Å². The SMILES string of the molecule is Cn1ncc(-c2ccc(C3(NC(=O)C4(NC(=O)c5cnc6n5[C@](C)(Cc5ccc(C#N)cc5)C(=O)N6c5cc(Cl)c(F)c(Cl)c5)CC4)CC3)nc2)c1C1CC1. The standard InChI is InChI=1S/C40H34Cl2FN9O3/c1-38(17-22-3-5-23(18-44)6-4-22)36(55)51(26-15-28(41)32(43)29(42)16-26)37-46-21-30(52(37)38)34(53)48-40(13-14-40)35(54)49-39(11-12-39)31-10-9-25(19-45-31)27-20-47-50(2)33(27)24-7-8-24/h3-6,9-10,15-16,19-21,24H,7-8,11-14,17H2,1-2H3,(H,48,53)(H,49,54)/t38-/m1/s1. The van der Waals surface area contributed by atoms with Gasteiger partial charge in [-0.3, -0.25) is 28.6 Å². The molecule has 0 saturated heterocycles. The van der Waals surface area contributed by atoms with Crippen molar-refractivity contribution in [2.45, 2.75) is 74.4 Å². The molecule has 2 aromatic carbocycles. The number of benzene rings is 2. The Kier molecular flexibility index (Phi) is 7.97. The van der Waals surface area contributed by atoms with Crippen molar-refractivity contribution in [1.29, 1.82) is 5.26 Å². The fraction of sp³-hybridized carbons (Fsp3) is 0.325. The molecule has 2 N–H and O–H groups in total. The number of halogens is 3. The van der Waals surface area contributed by atoms with Gasteiger partial charge in [-0.2, -0.15) is 10.4 Å². The minimum Gasteiger partial charge on any atom is -0.343 e. The lowest BCUT2D eigenvalue weighted by atomic mass is 9.91. The molecule has 0 radical (unpaired) electrons. The minimum atomic E-state index is -1.41. The third kappa shape index (κ3) is 5.77. The van der Waals surface area contributed by atoms with Gasteiger partial charge in [0.2, 0.25) is 11.9 Å². The summed E-state index contributed by atoms with van der Waals surface area (Å²) < 4.78 is 17.9. The van der Waals surface area contributed by atoms with Crippen molar-refractivity contribution in [1.82, 2.24) is 34.9 Å². The van der Waals surface area contributed by atoms with Gasteiger partial charge in [0.05, 0.1) is 51.0 Å². The number of anilines is 2. The molecular weight excluding hydrogens is 744 g/mol. The summed E-state index contributed by atoms with van der Waals surface area (Å²) >= 11 is 12.3. The average Bonchev–Trinajstić information content (AvgIpc) is 4.14. The van der Waals surface area contributed by atoms with E-state index in [-0.39, 0.29) is 39.7 Å². The Morgan fingerprint density at radius 3 is 2.29 bits per heavy atom. The molecule has 3 amide bonds. The molecule has 15 heteroatoms. The molecule has 12 nitrogen and oxygen atoms in total. The van der Waals surface area contributed by atoms with Gasteiger partial charge in [0, 0.05) is 42.4 Å². The predicted octanol–water partition coefficient (Wildman–Crippen LogP) is 6.58. The third-order valence-corrected chi connectivity index (χ3v) is 11.9. The Bertz CT molecular complexity index is 2450. The van der Waals surface area contributed by atoms with Crippen LogP contribution in [0.25, 0.3) is 11.1 Å². The van der Waals surface area contributed by atoms with Gasteiger partial charge < -0.3 is 10.6 Å². The van der Waals surface area contributed by atoms with Crippen LogP contribution in [0.1, 0.15) is 84.4 Å². The minimum absolute atomic E-state index is 0.0553. The van der Waals surface area contributed by atoms with Crippen LogP contribution in [-0.2, 0) is 34.1 Å². The van der Waals surface area contributed by atoms with Crippen LogP contribution in [0.4, 0.5) is 16.0 Å². The quantitative estimate of drug-likeness (QED) is 0.152. The summed E-state index contributed by atoms with van der Waals surface area (Å²) in [5, 5.41) is 19.4. The molecule has 3 aromatic heterocycles. The molecule has 9 rings (SSSR count). The summed E-state index contributed by atoms with van der Waals surface area (Å²) in [6.07, 6.45) is 9.79. The van der Waals surface area contributed by atoms with Crippen molar-refractivity contribution in [2.24, 2.45) is 7.05 Å². The number of carbonyl (C=O) groups excluding carboxylic acids is 3. The van der Waals surface area contributed by atoms with Gasteiger partial charge in [0.25, 0.3) is 11.8 Å². The summed E-state index contributed by atoms with van der Waals surface area (Å²) in [5.41, 5.74) is 2.23. The van der Waals surface area contributed by atoms with Crippen molar-refractivity contribution in [3.63, 3.8) is 0 Å². The highest BCUT2D eigenvalue weighted by atomic mass is 35.5. The molecule has 4 aliphatic rings. The van der Waals surface area contributed by atoms with Crippen LogP contribution in [0.15, 0.2) is 67.1 Å². The Hall–Kier alpha value is -5.58. The smallest absolute Gasteiger partial charge is 0.270 e. The van der Waals surface area contributed by atoms with Gasteiger partial charge in [-0.1, -0.05) is 41.4 Å². The zero-order valence-electron chi connectivity index (χ0n) is 29.9. The van der Waals surface area contributed by atoms with E-state index < -0.39 is 34.2 Å². The van der Waals surface area contributed by atoms with Crippen molar-refractivity contribution < 1.29 is 18.8 Å². The number of fused-ring (bicyclic) bond motifs is 1. The normalized spacial score (nSPS) is 20.1. The first-order valence-electron chi connectivity index (χ1n) is 18.1. The zero-order valence-corrected chi connectivity index (χ0v) is 31.4. The zero-order chi connectivity index (χ0) is 38.4. The summed E-state index contributed by atoms with van der Waals surface area (Å²) in [6, 6.07) is 15.4. The number of nitrogens with one attached hydrogen (secondary N) is 2. The summed E-state index contributed by atoms with van der Waals surface area (Å²) in [6.45, 7) is 1.68. The summed E-state index contributed by atoms with van der Waals surface area (Å²) in [5.74, 6) is -1.56. The molecule has 0 bridgehead atoms.